The predicted molar refractivity (Wildman–Crippen MR) is 81.5 cm³/mol. The van der Waals surface area contributed by atoms with E-state index in [2.05, 4.69) is 0 Å². The molecule has 0 aliphatic rings. The van der Waals surface area contributed by atoms with Crippen LogP contribution >= 0.6 is 23.6 Å². The van der Waals surface area contributed by atoms with Crippen molar-refractivity contribution in [3.8, 4) is 0 Å². The minimum atomic E-state index is 0.0458. The third-order valence-corrected chi connectivity index (χ3v) is 4.61. The Kier molecular flexibility index (Phi) is 3.05. The van der Waals surface area contributed by atoms with Gasteiger partial charge in [-0.2, -0.15) is 0 Å². The third kappa shape index (κ3) is 2.13. The second kappa shape index (κ2) is 4.72. The molecule has 1 aromatic heterocycles. The first-order valence-corrected chi connectivity index (χ1v) is 7.08. The van der Waals surface area contributed by atoms with E-state index in [1.165, 1.54) is 11.3 Å². The summed E-state index contributed by atoms with van der Waals surface area (Å²) in [6.07, 6.45) is 0. The minimum absolute atomic E-state index is 0.0458. The van der Waals surface area contributed by atoms with E-state index in [1.807, 2.05) is 60.1 Å². The van der Waals surface area contributed by atoms with Crippen LogP contribution in [0.5, 0.6) is 0 Å². The molecule has 1 heterocycles. The molecule has 2 aromatic carbocycles. The van der Waals surface area contributed by atoms with Crippen molar-refractivity contribution in [3.63, 3.8) is 0 Å². The molecule has 3 rings (SSSR count). The Labute approximate surface area is 119 Å². The number of aryl methyl sites for hydroxylation is 1. The molecule has 0 amide bonds. The van der Waals surface area contributed by atoms with Gasteiger partial charge in [-0.05, 0) is 30.4 Å². The van der Waals surface area contributed by atoms with Gasteiger partial charge in [0.1, 0.15) is 0 Å². The number of fused-ring (bicyclic) bond motifs is 1. The van der Waals surface area contributed by atoms with E-state index < -0.39 is 0 Å². The van der Waals surface area contributed by atoms with E-state index in [0.29, 0.717) is 11.1 Å². The van der Waals surface area contributed by atoms with Gasteiger partial charge in [0.2, 0.25) is 0 Å². The van der Waals surface area contributed by atoms with E-state index in [0.717, 1.165) is 14.2 Å². The van der Waals surface area contributed by atoms with Crippen LogP contribution in [0, 0.1) is 3.95 Å². The summed E-state index contributed by atoms with van der Waals surface area (Å²) in [6.45, 7) is 0. The highest BCUT2D eigenvalue weighted by Gasteiger charge is 2.10. The summed E-state index contributed by atoms with van der Waals surface area (Å²) >= 11 is 6.78. The zero-order valence-corrected chi connectivity index (χ0v) is 11.9. The monoisotopic (exact) mass is 285 g/mol. The molecule has 0 saturated heterocycles. The van der Waals surface area contributed by atoms with Crippen LogP contribution in [-0.2, 0) is 7.05 Å². The number of aromatic nitrogens is 1. The Morgan fingerprint density at radius 1 is 1.11 bits per heavy atom. The number of carbonyl (C=O) groups excluding carboxylic acids is 1. The zero-order valence-electron chi connectivity index (χ0n) is 10.3. The lowest BCUT2D eigenvalue weighted by Crippen LogP contribution is -2.00. The third-order valence-electron chi connectivity index (χ3n) is 3.09. The highest BCUT2D eigenvalue weighted by atomic mass is 32.1. The van der Waals surface area contributed by atoms with Crippen molar-refractivity contribution < 1.29 is 4.79 Å². The summed E-state index contributed by atoms with van der Waals surface area (Å²) in [5.41, 5.74) is 2.48. The van der Waals surface area contributed by atoms with Gasteiger partial charge < -0.3 is 4.57 Å². The molecule has 0 saturated carbocycles. The predicted octanol–water partition coefficient (Wildman–Crippen LogP) is 4.20. The summed E-state index contributed by atoms with van der Waals surface area (Å²) in [5.74, 6) is 0.0458. The molecule has 0 fully saturated rings. The number of carbonyl (C=O) groups is 1. The fraction of sp³-hybridized carbons (Fsp3) is 0.0667. The molecule has 0 atom stereocenters. The van der Waals surface area contributed by atoms with E-state index >= 15 is 0 Å². The first-order chi connectivity index (χ1) is 9.16. The quantitative estimate of drug-likeness (QED) is 0.520. The summed E-state index contributed by atoms with van der Waals surface area (Å²) < 4.78 is 3.83. The molecule has 0 N–H and O–H groups in total. The minimum Gasteiger partial charge on any atom is -0.326 e. The Hall–Kier alpha value is -1.78. The lowest BCUT2D eigenvalue weighted by Gasteiger charge is -2.01. The number of hydrogen-bond donors (Lipinski definition) is 0. The first-order valence-electron chi connectivity index (χ1n) is 5.86. The molecule has 0 bridgehead atoms. The highest BCUT2D eigenvalue weighted by molar-refractivity contribution is 7.73. The Bertz CT molecular complexity index is 815. The summed E-state index contributed by atoms with van der Waals surface area (Å²) in [5, 5.41) is 0. The average Bonchev–Trinajstić information content (AvgIpc) is 2.74. The molecular formula is C15H11NOS2. The average molecular weight is 285 g/mol. The lowest BCUT2D eigenvalue weighted by molar-refractivity contribution is 0.103. The fourth-order valence-electron chi connectivity index (χ4n) is 2.03. The molecular weight excluding hydrogens is 274 g/mol. The van der Waals surface area contributed by atoms with Crippen molar-refractivity contribution in [3.05, 3.63) is 63.6 Å². The van der Waals surface area contributed by atoms with Crippen molar-refractivity contribution in [2.75, 3.05) is 0 Å². The van der Waals surface area contributed by atoms with E-state index in [1.54, 1.807) is 0 Å². The van der Waals surface area contributed by atoms with Crippen molar-refractivity contribution in [2.24, 2.45) is 7.05 Å². The van der Waals surface area contributed by atoms with Crippen LogP contribution in [0.25, 0.3) is 10.2 Å². The fourth-order valence-corrected chi connectivity index (χ4v) is 3.32. The zero-order chi connectivity index (χ0) is 13.4. The smallest absolute Gasteiger partial charge is 0.193 e. The SMILES string of the molecule is Cn1c(=S)sc2cc(C(=O)c3ccccc3)ccc21. The first kappa shape index (κ1) is 12.3. The topological polar surface area (TPSA) is 22.0 Å². The van der Waals surface area contributed by atoms with Crippen LogP contribution in [0.4, 0.5) is 0 Å². The van der Waals surface area contributed by atoms with Gasteiger partial charge in [0.15, 0.2) is 9.74 Å². The maximum Gasteiger partial charge on any atom is 0.193 e. The number of ketones is 1. The summed E-state index contributed by atoms with van der Waals surface area (Å²) in [6, 6.07) is 15.1. The van der Waals surface area contributed by atoms with Gasteiger partial charge >= 0.3 is 0 Å². The number of rotatable bonds is 2. The highest BCUT2D eigenvalue weighted by Crippen LogP contribution is 2.24. The number of nitrogens with zero attached hydrogens (tertiary/aromatic N) is 1. The molecule has 2 nitrogen and oxygen atoms in total. The van der Waals surface area contributed by atoms with Crippen LogP contribution in [0.2, 0.25) is 0 Å². The van der Waals surface area contributed by atoms with Gasteiger partial charge in [0.05, 0.1) is 10.2 Å². The molecule has 0 aliphatic heterocycles. The molecule has 0 aliphatic carbocycles. The normalized spacial score (nSPS) is 10.8. The molecule has 94 valence electrons. The molecule has 19 heavy (non-hydrogen) atoms. The number of benzene rings is 2. The summed E-state index contributed by atoms with van der Waals surface area (Å²) in [7, 11) is 1.94. The van der Waals surface area contributed by atoms with Gasteiger partial charge in [-0.1, -0.05) is 30.3 Å². The van der Waals surface area contributed by atoms with Crippen molar-refractivity contribution >= 4 is 39.6 Å². The molecule has 0 radical (unpaired) electrons. The second-order valence-corrected chi connectivity index (χ2v) is 5.98. The molecule has 0 unspecified atom stereocenters. The van der Waals surface area contributed by atoms with Crippen LogP contribution in [0.1, 0.15) is 15.9 Å². The standard InChI is InChI=1S/C15H11NOS2/c1-16-12-8-7-11(9-13(12)19-15(16)18)14(17)10-5-3-2-4-6-10/h2-9H,1H3. The molecule has 4 heteroatoms. The maximum absolute atomic E-state index is 12.4. The van der Waals surface area contributed by atoms with Gasteiger partial charge in [0, 0.05) is 18.2 Å². The van der Waals surface area contributed by atoms with Crippen LogP contribution < -0.4 is 0 Å². The van der Waals surface area contributed by atoms with Gasteiger partial charge in [-0.3, -0.25) is 4.79 Å². The van der Waals surface area contributed by atoms with Crippen molar-refractivity contribution in [1.82, 2.24) is 4.57 Å². The van der Waals surface area contributed by atoms with Gasteiger partial charge in [-0.25, -0.2) is 0 Å². The van der Waals surface area contributed by atoms with Crippen LogP contribution in [0.15, 0.2) is 48.5 Å². The van der Waals surface area contributed by atoms with Gasteiger partial charge in [0.25, 0.3) is 0 Å². The molecule has 3 aromatic rings. The van der Waals surface area contributed by atoms with E-state index in [-0.39, 0.29) is 5.78 Å². The van der Waals surface area contributed by atoms with E-state index in [9.17, 15) is 4.79 Å². The van der Waals surface area contributed by atoms with Crippen molar-refractivity contribution in [1.29, 1.82) is 0 Å². The lowest BCUT2D eigenvalue weighted by atomic mass is 10.0. The largest absolute Gasteiger partial charge is 0.326 e. The van der Waals surface area contributed by atoms with Crippen molar-refractivity contribution in [2.45, 2.75) is 0 Å². The van der Waals surface area contributed by atoms with E-state index in [4.69, 9.17) is 12.2 Å². The maximum atomic E-state index is 12.4. The number of thiazole rings is 1. The molecule has 0 spiro atoms. The Morgan fingerprint density at radius 3 is 2.58 bits per heavy atom. The van der Waals surface area contributed by atoms with Crippen LogP contribution in [0.3, 0.4) is 0 Å². The summed E-state index contributed by atoms with van der Waals surface area (Å²) in [4.78, 5) is 12.4. The van der Waals surface area contributed by atoms with Crippen LogP contribution in [-0.4, -0.2) is 10.4 Å². The second-order valence-electron chi connectivity index (χ2n) is 4.30. The Balaban J connectivity index is 2.12. The van der Waals surface area contributed by atoms with Gasteiger partial charge in [-0.15, -0.1) is 11.3 Å². The Morgan fingerprint density at radius 2 is 1.84 bits per heavy atom. The number of hydrogen-bond acceptors (Lipinski definition) is 3.